The third-order valence-corrected chi connectivity index (χ3v) is 4.61. The SMILES string of the molecule is NC1COCC1C(=O)N1CCN(CC2CCCO2)CC1. The molecule has 6 nitrogen and oxygen atoms in total. The zero-order valence-electron chi connectivity index (χ0n) is 12.0. The van der Waals surface area contributed by atoms with Gasteiger partial charge in [-0.15, -0.1) is 0 Å². The van der Waals surface area contributed by atoms with Gasteiger partial charge in [0.15, 0.2) is 0 Å². The summed E-state index contributed by atoms with van der Waals surface area (Å²) in [5.41, 5.74) is 5.92. The fourth-order valence-corrected chi connectivity index (χ4v) is 3.29. The molecule has 3 unspecified atom stereocenters. The van der Waals surface area contributed by atoms with Crippen molar-refractivity contribution in [3.63, 3.8) is 0 Å². The standard InChI is InChI=1S/C14H25N3O3/c15-13-10-19-9-12(13)14(18)17-5-3-16(4-6-17)8-11-2-1-7-20-11/h11-13H,1-10,15H2. The van der Waals surface area contributed by atoms with Crippen LogP contribution in [-0.2, 0) is 14.3 Å². The number of carbonyl (C=O) groups is 1. The Bertz CT molecular complexity index is 339. The second-order valence-electron chi connectivity index (χ2n) is 6.07. The van der Waals surface area contributed by atoms with Gasteiger partial charge in [-0.25, -0.2) is 0 Å². The van der Waals surface area contributed by atoms with Crippen molar-refractivity contribution in [3.8, 4) is 0 Å². The lowest BCUT2D eigenvalue weighted by Gasteiger charge is -2.37. The number of hydrogen-bond acceptors (Lipinski definition) is 5. The molecule has 6 heteroatoms. The van der Waals surface area contributed by atoms with Crippen LogP contribution in [0.4, 0.5) is 0 Å². The second kappa shape index (κ2) is 6.39. The first-order valence-corrected chi connectivity index (χ1v) is 7.70. The van der Waals surface area contributed by atoms with Crippen molar-refractivity contribution in [3.05, 3.63) is 0 Å². The molecule has 3 heterocycles. The van der Waals surface area contributed by atoms with E-state index in [1.807, 2.05) is 4.90 Å². The highest BCUT2D eigenvalue weighted by atomic mass is 16.5. The molecule has 3 saturated heterocycles. The zero-order valence-corrected chi connectivity index (χ0v) is 12.0. The van der Waals surface area contributed by atoms with Crippen molar-refractivity contribution in [2.24, 2.45) is 11.7 Å². The van der Waals surface area contributed by atoms with Gasteiger partial charge in [-0.3, -0.25) is 9.69 Å². The van der Waals surface area contributed by atoms with E-state index in [0.717, 1.165) is 39.3 Å². The Balaban J connectivity index is 1.44. The summed E-state index contributed by atoms with van der Waals surface area (Å²) >= 11 is 0. The smallest absolute Gasteiger partial charge is 0.229 e. The van der Waals surface area contributed by atoms with Crippen molar-refractivity contribution in [1.82, 2.24) is 9.80 Å². The van der Waals surface area contributed by atoms with Gasteiger partial charge in [0.05, 0.1) is 25.2 Å². The maximum absolute atomic E-state index is 12.4. The van der Waals surface area contributed by atoms with Gasteiger partial charge in [0.25, 0.3) is 0 Å². The number of carbonyl (C=O) groups excluding carboxylic acids is 1. The first-order valence-electron chi connectivity index (χ1n) is 7.70. The highest BCUT2D eigenvalue weighted by molar-refractivity contribution is 5.80. The normalized spacial score (nSPS) is 35.6. The molecule has 3 rings (SSSR count). The van der Waals surface area contributed by atoms with Crippen molar-refractivity contribution >= 4 is 5.91 Å². The van der Waals surface area contributed by atoms with Gasteiger partial charge >= 0.3 is 0 Å². The summed E-state index contributed by atoms with van der Waals surface area (Å²) in [5, 5.41) is 0. The predicted molar refractivity (Wildman–Crippen MR) is 74.3 cm³/mol. The number of ether oxygens (including phenoxy) is 2. The fourth-order valence-electron chi connectivity index (χ4n) is 3.29. The fraction of sp³-hybridized carbons (Fsp3) is 0.929. The van der Waals surface area contributed by atoms with Crippen LogP contribution in [0.25, 0.3) is 0 Å². The lowest BCUT2D eigenvalue weighted by atomic mass is 10.0. The Kier molecular flexibility index (Phi) is 4.55. The van der Waals surface area contributed by atoms with Crippen LogP contribution in [0.3, 0.4) is 0 Å². The molecule has 3 aliphatic rings. The molecular formula is C14H25N3O3. The molecule has 2 N–H and O–H groups in total. The summed E-state index contributed by atoms with van der Waals surface area (Å²) in [7, 11) is 0. The second-order valence-corrected chi connectivity index (χ2v) is 6.07. The zero-order chi connectivity index (χ0) is 13.9. The van der Waals surface area contributed by atoms with Crippen LogP contribution in [0, 0.1) is 5.92 Å². The summed E-state index contributed by atoms with van der Waals surface area (Å²) < 4.78 is 11.0. The van der Waals surface area contributed by atoms with Gasteiger partial charge in [-0.2, -0.15) is 0 Å². The van der Waals surface area contributed by atoms with E-state index in [1.165, 1.54) is 12.8 Å². The molecule has 0 aromatic heterocycles. The molecule has 0 aromatic carbocycles. The van der Waals surface area contributed by atoms with Gasteiger partial charge in [-0.05, 0) is 12.8 Å². The van der Waals surface area contributed by atoms with E-state index in [-0.39, 0.29) is 17.9 Å². The quantitative estimate of drug-likeness (QED) is 0.740. The minimum absolute atomic E-state index is 0.132. The number of hydrogen-bond donors (Lipinski definition) is 1. The number of nitrogens with zero attached hydrogens (tertiary/aromatic N) is 2. The van der Waals surface area contributed by atoms with E-state index in [4.69, 9.17) is 15.2 Å². The molecular weight excluding hydrogens is 258 g/mol. The predicted octanol–water partition coefficient (Wildman–Crippen LogP) is -0.717. The van der Waals surface area contributed by atoms with E-state index in [0.29, 0.717) is 19.3 Å². The number of nitrogens with two attached hydrogens (primary N) is 1. The Morgan fingerprint density at radius 2 is 2.00 bits per heavy atom. The van der Waals surface area contributed by atoms with E-state index >= 15 is 0 Å². The first-order chi connectivity index (χ1) is 9.74. The molecule has 0 radical (unpaired) electrons. The Hall–Kier alpha value is -0.690. The molecule has 0 spiro atoms. The van der Waals surface area contributed by atoms with E-state index in [2.05, 4.69) is 4.90 Å². The highest BCUT2D eigenvalue weighted by Crippen LogP contribution is 2.18. The van der Waals surface area contributed by atoms with Crippen molar-refractivity contribution in [2.45, 2.75) is 25.0 Å². The number of amides is 1. The van der Waals surface area contributed by atoms with Crippen LogP contribution in [0.2, 0.25) is 0 Å². The first kappa shape index (κ1) is 14.3. The van der Waals surface area contributed by atoms with Gasteiger partial charge in [0.1, 0.15) is 0 Å². The van der Waals surface area contributed by atoms with Crippen LogP contribution in [0.1, 0.15) is 12.8 Å². The summed E-state index contributed by atoms with van der Waals surface area (Å²) in [6, 6.07) is -0.132. The van der Waals surface area contributed by atoms with Crippen molar-refractivity contribution in [2.75, 3.05) is 52.5 Å². The van der Waals surface area contributed by atoms with Gasteiger partial charge in [-0.1, -0.05) is 0 Å². The van der Waals surface area contributed by atoms with Crippen LogP contribution >= 0.6 is 0 Å². The summed E-state index contributed by atoms with van der Waals surface area (Å²) in [5.74, 6) is 0.0338. The molecule has 1 amide bonds. The van der Waals surface area contributed by atoms with Crippen LogP contribution < -0.4 is 5.73 Å². The minimum atomic E-state index is -0.139. The van der Waals surface area contributed by atoms with Gasteiger partial charge in [0.2, 0.25) is 5.91 Å². The van der Waals surface area contributed by atoms with Gasteiger partial charge in [0, 0.05) is 45.4 Å². The maximum Gasteiger partial charge on any atom is 0.229 e. The number of rotatable bonds is 3. The molecule has 0 aromatic rings. The third kappa shape index (κ3) is 3.14. The summed E-state index contributed by atoms with van der Waals surface area (Å²) in [6.45, 7) is 6.38. The molecule has 3 fully saturated rings. The van der Waals surface area contributed by atoms with E-state index < -0.39 is 0 Å². The Morgan fingerprint density at radius 1 is 1.20 bits per heavy atom. The monoisotopic (exact) mass is 283 g/mol. The highest BCUT2D eigenvalue weighted by Gasteiger charge is 2.35. The third-order valence-electron chi connectivity index (χ3n) is 4.61. The average molecular weight is 283 g/mol. The maximum atomic E-state index is 12.4. The van der Waals surface area contributed by atoms with Gasteiger partial charge < -0.3 is 20.1 Å². The molecule has 20 heavy (non-hydrogen) atoms. The molecule has 114 valence electrons. The van der Waals surface area contributed by atoms with E-state index in [1.54, 1.807) is 0 Å². The van der Waals surface area contributed by atoms with Crippen LogP contribution in [0.5, 0.6) is 0 Å². The molecule has 0 bridgehead atoms. The molecule has 3 aliphatic heterocycles. The van der Waals surface area contributed by atoms with Crippen LogP contribution in [-0.4, -0.2) is 80.4 Å². The molecule has 3 atom stereocenters. The number of piperazine rings is 1. The van der Waals surface area contributed by atoms with Crippen molar-refractivity contribution < 1.29 is 14.3 Å². The lowest BCUT2D eigenvalue weighted by Crippen LogP contribution is -2.53. The molecule has 0 aliphatic carbocycles. The van der Waals surface area contributed by atoms with Crippen molar-refractivity contribution in [1.29, 1.82) is 0 Å². The Labute approximate surface area is 120 Å². The topological polar surface area (TPSA) is 68.0 Å². The van der Waals surface area contributed by atoms with E-state index in [9.17, 15) is 4.79 Å². The minimum Gasteiger partial charge on any atom is -0.379 e. The summed E-state index contributed by atoms with van der Waals surface area (Å²) in [6.07, 6.45) is 2.75. The van der Waals surface area contributed by atoms with Crippen LogP contribution in [0.15, 0.2) is 0 Å². The molecule has 0 saturated carbocycles. The average Bonchev–Trinajstić information content (AvgIpc) is 3.10. The summed E-state index contributed by atoms with van der Waals surface area (Å²) in [4.78, 5) is 16.7. The Morgan fingerprint density at radius 3 is 2.60 bits per heavy atom. The lowest BCUT2D eigenvalue weighted by molar-refractivity contribution is -0.137. The largest absolute Gasteiger partial charge is 0.379 e.